The highest BCUT2D eigenvalue weighted by Crippen LogP contribution is 2.33. The van der Waals surface area contributed by atoms with Gasteiger partial charge in [0, 0.05) is 36.3 Å². The van der Waals surface area contributed by atoms with Crippen molar-refractivity contribution < 1.29 is 9.53 Å². The molecule has 0 spiro atoms. The normalized spacial score (nSPS) is 16.5. The largest absolute Gasteiger partial charge is 0.380 e. The van der Waals surface area contributed by atoms with Crippen molar-refractivity contribution in [1.29, 1.82) is 0 Å². The molecule has 1 aliphatic rings. The Kier molecular flexibility index (Phi) is 5.00. The van der Waals surface area contributed by atoms with E-state index in [0.717, 1.165) is 53.8 Å². The monoisotopic (exact) mass is 362 g/mol. The number of carbonyl (C=O) groups is 1. The molecule has 1 aliphatic heterocycles. The molecule has 0 bridgehead atoms. The molecule has 4 N–H and O–H groups in total. The highest BCUT2D eigenvalue weighted by Gasteiger charge is 2.15. The summed E-state index contributed by atoms with van der Waals surface area (Å²) in [6, 6.07) is 15.8. The summed E-state index contributed by atoms with van der Waals surface area (Å²) in [5, 5.41) is 8.14. The molecule has 6 nitrogen and oxygen atoms in total. The third-order valence-corrected chi connectivity index (χ3v) is 4.82. The number of nitrogens with one attached hydrogen (secondary N) is 2. The van der Waals surface area contributed by atoms with E-state index in [4.69, 9.17) is 10.5 Å². The number of primary amides is 1. The number of rotatable bonds is 5. The fourth-order valence-corrected chi connectivity index (χ4v) is 3.43. The number of fused-ring (bicyclic) bond motifs is 1. The van der Waals surface area contributed by atoms with Crippen LogP contribution in [0.5, 0.6) is 0 Å². The van der Waals surface area contributed by atoms with Gasteiger partial charge in [-0.05, 0) is 29.5 Å². The molecular formula is C21H22N4O2. The van der Waals surface area contributed by atoms with Gasteiger partial charge < -0.3 is 21.1 Å². The highest BCUT2D eigenvalue weighted by atomic mass is 16.5. The van der Waals surface area contributed by atoms with Gasteiger partial charge in [-0.25, -0.2) is 4.79 Å². The number of aromatic nitrogens is 1. The van der Waals surface area contributed by atoms with E-state index in [0.29, 0.717) is 11.7 Å². The number of benzene rings is 2. The quantitative estimate of drug-likeness (QED) is 0.650. The number of nitrogens with zero attached hydrogens (tertiary/aromatic N) is 1. The summed E-state index contributed by atoms with van der Waals surface area (Å²) in [5.74, 6) is 0. The molecule has 2 amide bonds. The van der Waals surface area contributed by atoms with Crippen molar-refractivity contribution in [3.8, 4) is 11.1 Å². The maximum Gasteiger partial charge on any atom is 0.316 e. The molecule has 1 atom stereocenters. The van der Waals surface area contributed by atoms with E-state index in [2.05, 4.69) is 21.7 Å². The molecule has 1 unspecified atom stereocenters. The van der Waals surface area contributed by atoms with Crippen LogP contribution in [0.4, 0.5) is 10.5 Å². The summed E-state index contributed by atoms with van der Waals surface area (Å²) < 4.78 is 5.38. The Morgan fingerprint density at radius 1 is 1.15 bits per heavy atom. The smallest absolute Gasteiger partial charge is 0.316 e. The summed E-state index contributed by atoms with van der Waals surface area (Å²) >= 11 is 0. The van der Waals surface area contributed by atoms with Gasteiger partial charge in [0.05, 0.1) is 18.0 Å². The fourth-order valence-electron chi connectivity index (χ4n) is 3.43. The summed E-state index contributed by atoms with van der Waals surface area (Å²) in [7, 11) is 0. The van der Waals surface area contributed by atoms with Crippen LogP contribution in [0, 0.1) is 0 Å². The zero-order valence-corrected chi connectivity index (χ0v) is 14.9. The van der Waals surface area contributed by atoms with Gasteiger partial charge >= 0.3 is 6.03 Å². The predicted molar refractivity (Wildman–Crippen MR) is 106 cm³/mol. The SMILES string of the molecule is NC(=O)Nc1ccc(-c2ccc(CNC3CCOC3)nc2)c2ccccc12. The number of urea groups is 1. The van der Waals surface area contributed by atoms with Crippen molar-refractivity contribution in [2.75, 3.05) is 18.5 Å². The molecule has 0 saturated carbocycles. The van der Waals surface area contributed by atoms with Gasteiger partial charge in [-0.3, -0.25) is 4.98 Å². The van der Waals surface area contributed by atoms with Crippen LogP contribution >= 0.6 is 0 Å². The number of amides is 2. The summed E-state index contributed by atoms with van der Waals surface area (Å²) in [6.07, 6.45) is 2.95. The first-order valence-corrected chi connectivity index (χ1v) is 9.05. The molecule has 1 fully saturated rings. The first-order chi connectivity index (χ1) is 13.2. The molecular weight excluding hydrogens is 340 g/mol. The molecule has 1 aromatic heterocycles. The molecule has 0 radical (unpaired) electrons. The lowest BCUT2D eigenvalue weighted by molar-refractivity contribution is 0.189. The first kappa shape index (κ1) is 17.5. The summed E-state index contributed by atoms with van der Waals surface area (Å²) in [5.41, 5.74) is 9.08. The Labute approximate surface area is 157 Å². The van der Waals surface area contributed by atoms with E-state index in [-0.39, 0.29) is 0 Å². The van der Waals surface area contributed by atoms with Gasteiger partial charge in [0.2, 0.25) is 0 Å². The molecule has 27 heavy (non-hydrogen) atoms. The number of pyridine rings is 1. The molecule has 138 valence electrons. The number of carbonyl (C=O) groups excluding carboxylic acids is 1. The van der Waals surface area contributed by atoms with Crippen molar-refractivity contribution in [3.05, 3.63) is 60.4 Å². The molecule has 1 saturated heterocycles. The van der Waals surface area contributed by atoms with Crippen molar-refractivity contribution >= 4 is 22.5 Å². The number of anilines is 1. The Bertz CT molecular complexity index is 950. The lowest BCUT2D eigenvalue weighted by atomic mass is 9.98. The average Bonchev–Trinajstić information content (AvgIpc) is 3.20. The summed E-state index contributed by atoms with van der Waals surface area (Å²) in [6.45, 7) is 2.34. The van der Waals surface area contributed by atoms with Crippen LogP contribution in [0.15, 0.2) is 54.7 Å². The summed E-state index contributed by atoms with van der Waals surface area (Å²) in [4.78, 5) is 15.8. The van der Waals surface area contributed by atoms with E-state index >= 15 is 0 Å². The van der Waals surface area contributed by atoms with Gasteiger partial charge in [-0.1, -0.05) is 36.4 Å². The minimum atomic E-state index is -0.570. The third-order valence-electron chi connectivity index (χ3n) is 4.82. The van der Waals surface area contributed by atoms with E-state index in [9.17, 15) is 4.79 Å². The van der Waals surface area contributed by atoms with Gasteiger partial charge in [0.25, 0.3) is 0 Å². The molecule has 6 heteroatoms. The van der Waals surface area contributed by atoms with Gasteiger partial charge in [-0.2, -0.15) is 0 Å². The lowest BCUT2D eigenvalue weighted by Crippen LogP contribution is -2.28. The van der Waals surface area contributed by atoms with Crippen molar-refractivity contribution in [2.24, 2.45) is 5.73 Å². The Morgan fingerprint density at radius 3 is 2.70 bits per heavy atom. The molecule has 2 heterocycles. The van der Waals surface area contributed by atoms with Gasteiger partial charge in [-0.15, -0.1) is 0 Å². The van der Waals surface area contributed by atoms with Crippen LogP contribution in [0.2, 0.25) is 0 Å². The van der Waals surface area contributed by atoms with E-state index in [1.54, 1.807) is 0 Å². The minimum Gasteiger partial charge on any atom is -0.380 e. The standard InChI is InChI=1S/C21H22N4O2/c22-21(26)25-20-8-7-17(18-3-1-2-4-19(18)20)14-5-6-15(23-11-14)12-24-16-9-10-27-13-16/h1-8,11,16,24H,9-10,12-13H2,(H3,22,25,26). The molecule has 4 rings (SSSR count). The van der Waals surface area contributed by atoms with Crippen molar-refractivity contribution in [1.82, 2.24) is 10.3 Å². The molecule has 3 aromatic rings. The maximum absolute atomic E-state index is 11.2. The average molecular weight is 362 g/mol. The van der Waals surface area contributed by atoms with Crippen molar-refractivity contribution in [2.45, 2.75) is 19.0 Å². The maximum atomic E-state index is 11.2. The van der Waals surface area contributed by atoms with Crippen LogP contribution in [0.3, 0.4) is 0 Å². The van der Waals surface area contributed by atoms with E-state index in [1.165, 1.54) is 0 Å². The van der Waals surface area contributed by atoms with Crippen LogP contribution in [0.25, 0.3) is 21.9 Å². The highest BCUT2D eigenvalue weighted by molar-refractivity contribution is 6.07. The lowest BCUT2D eigenvalue weighted by Gasteiger charge is -2.13. The number of ether oxygens (including phenoxy) is 1. The Balaban J connectivity index is 1.59. The molecule has 0 aliphatic carbocycles. The Hall–Kier alpha value is -2.96. The first-order valence-electron chi connectivity index (χ1n) is 9.05. The minimum absolute atomic E-state index is 0.417. The third kappa shape index (κ3) is 3.92. The van der Waals surface area contributed by atoms with Crippen LogP contribution in [-0.4, -0.2) is 30.3 Å². The number of hydrogen-bond donors (Lipinski definition) is 3. The molecule has 2 aromatic carbocycles. The van der Waals surface area contributed by atoms with E-state index < -0.39 is 6.03 Å². The zero-order valence-electron chi connectivity index (χ0n) is 14.9. The van der Waals surface area contributed by atoms with E-state index in [1.807, 2.05) is 48.7 Å². The second kappa shape index (κ2) is 7.73. The Morgan fingerprint density at radius 2 is 2.00 bits per heavy atom. The van der Waals surface area contributed by atoms with Gasteiger partial charge in [0.1, 0.15) is 0 Å². The predicted octanol–water partition coefficient (Wildman–Crippen LogP) is 3.27. The van der Waals surface area contributed by atoms with Crippen LogP contribution in [-0.2, 0) is 11.3 Å². The zero-order chi connectivity index (χ0) is 18.6. The number of nitrogens with two attached hydrogens (primary N) is 1. The topological polar surface area (TPSA) is 89.3 Å². The fraction of sp³-hybridized carbons (Fsp3) is 0.238. The second-order valence-corrected chi connectivity index (χ2v) is 6.68. The number of hydrogen-bond acceptors (Lipinski definition) is 4. The van der Waals surface area contributed by atoms with Gasteiger partial charge in [0.15, 0.2) is 0 Å². The second-order valence-electron chi connectivity index (χ2n) is 6.68. The van der Waals surface area contributed by atoms with Crippen LogP contribution in [0.1, 0.15) is 12.1 Å². The van der Waals surface area contributed by atoms with Crippen molar-refractivity contribution in [3.63, 3.8) is 0 Å². The van der Waals surface area contributed by atoms with Crippen LogP contribution < -0.4 is 16.4 Å².